The Bertz CT molecular complexity index is 525. The number of ether oxygens (including phenoxy) is 1. The minimum atomic E-state index is 0.229. The highest BCUT2D eigenvalue weighted by atomic mass is 32.2. The van der Waals surface area contributed by atoms with Crippen molar-refractivity contribution in [3.63, 3.8) is 0 Å². The number of carbonyl (C=O) groups excluding carboxylic acids is 1. The smallest absolute Gasteiger partial charge is 0.227 e. The van der Waals surface area contributed by atoms with Gasteiger partial charge in [0.1, 0.15) is 0 Å². The van der Waals surface area contributed by atoms with Crippen molar-refractivity contribution in [1.82, 2.24) is 4.90 Å². The van der Waals surface area contributed by atoms with Crippen LogP contribution >= 0.6 is 11.8 Å². The van der Waals surface area contributed by atoms with Crippen LogP contribution in [0.3, 0.4) is 0 Å². The van der Waals surface area contributed by atoms with Crippen LogP contribution in [-0.2, 0) is 16.0 Å². The first-order valence-electron chi connectivity index (χ1n) is 8.75. The van der Waals surface area contributed by atoms with Gasteiger partial charge in [-0.15, -0.1) is 11.8 Å². The van der Waals surface area contributed by atoms with Crippen LogP contribution in [0.4, 0.5) is 0 Å². The van der Waals surface area contributed by atoms with E-state index in [1.54, 1.807) is 0 Å². The predicted molar refractivity (Wildman–Crippen MR) is 94.8 cm³/mol. The monoisotopic (exact) mass is 333 g/mol. The van der Waals surface area contributed by atoms with Crippen LogP contribution < -0.4 is 0 Å². The van der Waals surface area contributed by atoms with Gasteiger partial charge in [0.15, 0.2) is 0 Å². The molecule has 1 saturated carbocycles. The zero-order valence-electron chi connectivity index (χ0n) is 14.2. The summed E-state index contributed by atoms with van der Waals surface area (Å²) in [6.07, 6.45) is 4.38. The summed E-state index contributed by atoms with van der Waals surface area (Å²) in [5.41, 5.74) is 1.10. The third kappa shape index (κ3) is 5.25. The van der Waals surface area contributed by atoms with E-state index in [-0.39, 0.29) is 12.0 Å². The number of hydrogen-bond donors (Lipinski definition) is 0. The van der Waals surface area contributed by atoms with Gasteiger partial charge in [0.25, 0.3) is 0 Å². The highest BCUT2D eigenvalue weighted by Gasteiger charge is 2.29. The third-order valence-corrected chi connectivity index (χ3v) is 5.43. The van der Waals surface area contributed by atoms with Crippen LogP contribution in [0.1, 0.15) is 38.7 Å². The normalized spacial score (nSPS) is 21.2. The molecule has 126 valence electrons. The Balaban J connectivity index is 1.45. The van der Waals surface area contributed by atoms with E-state index in [2.05, 4.69) is 38.1 Å². The molecule has 2 aliphatic rings. The minimum Gasteiger partial charge on any atom is -0.376 e. The quantitative estimate of drug-likeness (QED) is 0.712. The SMILES string of the molecule is CC(C)Sc1ccc(CC(=O)N2CC[C@@H](OCC3CC3)C2)cc1. The lowest BCUT2D eigenvalue weighted by Gasteiger charge is -2.17. The molecule has 1 saturated heterocycles. The van der Waals surface area contributed by atoms with Crippen LogP contribution in [0.15, 0.2) is 29.2 Å². The van der Waals surface area contributed by atoms with Crippen LogP contribution in [-0.4, -0.2) is 41.9 Å². The lowest BCUT2D eigenvalue weighted by Crippen LogP contribution is -2.31. The third-order valence-electron chi connectivity index (χ3n) is 4.41. The number of rotatable bonds is 7. The summed E-state index contributed by atoms with van der Waals surface area (Å²) in [5.74, 6) is 1.02. The number of nitrogens with zero attached hydrogens (tertiary/aromatic N) is 1. The molecule has 1 atom stereocenters. The van der Waals surface area contributed by atoms with Crippen molar-refractivity contribution in [2.75, 3.05) is 19.7 Å². The predicted octanol–water partition coefficient (Wildman–Crippen LogP) is 3.76. The number of thioether (sulfide) groups is 1. The highest BCUT2D eigenvalue weighted by Crippen LogP contribution is 2.30. The van der Waals surface area contributed by atoms with Gasteiger partial charge in [-0.1, -0.05) is 26.0 Å². The molecule has 1 amide bonds. The van der Waals surface area contributed by atoms with Gasteiger partial charge >= 0.3 is 0 Å². The van der Waals surface area contributed by atoms with Gasteiger partial charge in [-0.25, -0.2) is 0 Å². The van der Waals surface area contributed by atoms with E-state index in [1.165, 1.54) is 17.7 Å². The molecule has 3 rings (SSSR count). The summed E-state index contributed by atoms with van der Waals surface area (Å²) in [6, 6.07) is 8.41. The Labute approximate surface area is 143 Å². The maximum absolute atomic E-state index is 12.4. The van der Waals surface area contributed by atoms with Crippen LogP contribution in [0.2, 0.25) is 0 Å². The van der Waals surface area contributed by atoms with Crippen molar-refractivity contribution in [3.8, 4) is 0 Å². The Kier molecular flexibility index (Phi) is 5.65. The summed E-state index contributed by atoms with van der Waals surface area (Å²) >= 11 is 1.85. The van der Waals surface area contributed by atoms with E-state index >= 15 is 0 Å². The number of carbonyl (C=O) groups is 1. The van der Waals surface area contributed by atoms with E-state index in [4.69, 9.17) is 4.74 Å². The summed E-state index contributed by atoms with van der Waals surface area (Å²) in [5, 5.41) is 0.583. The molecule has 1 aliphatic carbocycles. The molecule has 3 nitrogen and oxygen atoms in total. The minimum absolute atomic E-state index is 0.229. The molecule has 0 unspecified atom stereocenters. The van der Waals surface area contributed by atoms with Crippen molar-refractivity contribution >= 4 is 17.7 Å². The molecule has 0 aromatic heterocycles. The summed E-state index contributed by atoms with van der Waals surface area (Å²) < 4.78 is 5.91. The maximum Gasteiger partial charge on any atom is 0.227 e. The van der Waals surface area contributed by atoms with Crippen molar-refractivity contribution in [2.45, 2.75) is 55.8 Å². The van der Waals surface area contributed by atoms with Gasteiger partial charge in [-0.2, -0.15) is 0 Å². The molecule has 4 heteroatoms. The van der Waals surface area contributed by atoms with Crippen LogP contribution in [0.5, 0.6) is 0 Å². The molecule has 1 heterocycles. The standard InChI is InChI=1S/C19H27NO2S/c1-14(2)23-18-7-5-15(6-8-18)11-19(21)20-10-9-17(12-20)22-13-16-3-4-16/h5-8,14,16-17H,3-4,9-13H2,1-2H3/t17-/m1/s1. The van der Waals surface area contributed by atoms with Gasteiger partial charge in [0.05, 0.1) is 12.5 Å². The molecule has 1 aliphatic heterocycles. The lowest BCUT2D eigenvalue weighted by atomic mass is 10.1. The number of likely N-dealkylation sites (tertiary alicyclic amines) is 1. The molecule has 0 bridgehead atoms. The van der Waals surface area contributed by atoms with E-state index in [0.717, 1.165) is 37.6 Å². The Morgan fingerprint density at radius 3 is 2.65 bits per heavy atom. The second-order valence-corrected chi connectivity index (χ2v) is 8.66. The number of hydrogen-bond acceptors (Lipinski definition) is 3. The molecular weight excluding hydrogens is 306 g/mol. The first kappa shape index (κ1) is 16.8. The Morgan fingerprint density at radius 2 is 2.00 bits per heavy atom. The maximum atomic E-state index is 12.4. The van der Waals surface area contributed by atoms with Gasteiger partial charge in [0, 0.05) is 29.8 Å². The summed E-state index contributed by atoms with van der Waals surface area (Å²) in [4.78, 5) is 15.7. The summed E-state index contributed by atoms with van der Waals surface area (Å²) in [7, 11) is 0. The van der Waals surface area contributed by atoms with Gasteiger partial charge in [-0.05, 0) is 42.9 Å². The van der Waals surface area contributed by atoms with Crippen molar-refractivity contribution in [1.29, 1.82) is 0 Å². The average molecular weight is 333 g/mol. The lowest BCUT2D eigenvalue weighted by molar-refractivity contribution is -0.130. The molecular formula is C19H27NO2S. The largest absolute Gasteiger partial charge is 0.376 e. The highest BCUT2D eigenvalue weighted by molar-refractivity contribution is 7.99. The fourth-order valence-corrected chi connectivity index (χ4v) is 3.73. The second kappa shape index (κ2) is 7.71. The Hall–Kier alpha value is -1.00. The fourth-order valence-electron chi connectivity index (χ4n) is 2.89. The van der Waals surface area contributed by atoms with Gasteiger partial charge in [0.2, 0.25) is 5.91 Å². The van der Waals surface area contributed by atoms with Crippen molar-refractivity contribution < 1.29 is 9.53 Å². The van der Waals surface area contributed by atoms with Crippen molar-refractivity contribution in [2.24, 2.45) is 5.92 Å². The van der Waals surface area contributed by atoms with E-state index in [0.29, 0.717) is 11.7 Å². The average Bonchev–Trinajstić information content (AvgIpc) is 3.23. The first-order valence-corrected chi connectivity index (χ1v) is 9.63. The summed E-state index contributed by atoms with van der Waals surface area (Å²) in [6.45, 7) is 6.89. The fraction of sp³-hybridized carbons (Fsp3) is 0.632. The van der Waals surface area contributed by atoms with Gasteiger partial charge < -0.3 is 9.64 Å². The van der Waals surface area contributed by atoms with E-state index < -0.39 is 0 Å². The molecule has 2 fully saturated rings. The molecule has 0 N–H and O–H groups in total. The number of benzene rings is 1. The molecule has 0 spiro atoms. The molecule has 23 heavy (non-hydrogen) atoms. The van der Waals surface area contributed by atoms with Crippen LogP contribution in [0, 0.1) is 5.92 Å². The van der Waals surface area contributed by atoms with Crippen molar-refractivity contribution in [3.05, 3.63) is 29.8 Å². The van der Waals surface area contributed by atoms with E-state index in [1.807, 2.05) is 16.7 Å². The molecule has 1 aromatic carbocycles. The van der Waals surface area contributed by atoms with Gasteiger partial charge in [-0.3, -0.25) is 4.79 Å². The van der Waals surface area contributed by atoms with Crippen LogP contribution in [0.25, 0.3) is 0 Å². The van der Waals surface area contributed by atoms with E-state index in [9.17, 15) is 4.79 Å². The second-order valence-electron chi connectivity index (χ2n) is 7.01. The topological polar surface area (TPSA) is 29.5 Å². The zero-order valence-corrected chi connectivity index (χ0v) is 15.0. The molecule has 1 aromatic rings. The first-order chi connectivity index (χ1) is 11.1. The molecule has 0 radical (unpaired) electrons. The zero-order chi connectivity index (χ0) is 16.2. The Morgan fingerprint density at radius 1 is 1.26 bits per heavy atom. The number of amides is 1.